The molecule has 0 spiro atoms. The maximum absolute atomic E-state index is 14.7. The number of fused-ring (bicyclic) bond motifs is 2. The molecular weight excluding hydrogens is 756 g/mol. The largest absolute Gasteiger partial charge is 0.488 e. The van der Waals surface area contributed by atoms with E-state index in [0.717, 1.165) is 18.4 Å². The zero-order valence-corrected chi connectivity index (χ0v) is 35.2. The molecule has 0 radical (unpaired) electrons. The van der Waals surface area contributed by atoms with Gasteiger partial charge >= 0.3 is 12.1 Å². The number of hydrogen-bond acceptors (Lipinski definition) is 11. The van der Waals surface area contributed by atoms with Gasteiger partial charge < -0.3 is 44.0 Å². The van der Waals surface area contributed by atoms with Gasteiger partial charge in [-0.15, -0.1) is 0 Å². The number of pyridine rings is 1. The van der Waals surface area contributed by atoms with Crippen molar-refractivity contribution in [3.8, 4) is 11.5 Å². The molecular formula is C42H57ClN4O10. The van der Waals surface area contributed by atoms with Gasteiger partial charge in [0.25, 0.3) is 0 Å². The molecule has 0 bridgehead atoms. The Balaban J connectivity index is 1.30. The molecule has 1 unspecified atom stereocenters. The monoisotopic (exact) mass is 812 g/mol. The van der Waals surface area contributed by atoms with Crippen LogP contribution in [0.4, 0.5) is 4.79 Å². The third kappa shape index (κ3) is 9.28. The molecule has 2 N–H and O–H groups in total. The number of benzene rings is 1. The highest BCUT2D eigenvalue weighted by Gasteiger charge is 2.62. The van der Waals surface area contributed by atoms with Crippen molar-refractivity contribution in [1.82, 2.24) is 20.5 Å². The van der Waals surface area contributed by atoms with Gasteiger partial charge in [-0.2, -0.15) is 0 Å². The first-order valence-electron chi connectivity index (χ1n) is 19.8. The van der Waals surface area contributed by atoms with Crippen LogP contribution in [0.2, 0.25) is 5.02 Å². The van der Waals surface area contributed by atoms with Gasteiger partial charge in [-0.25, -0.2) is 14.6 Å². The summed E-state index contributed by atoms with van der Waals surface area (Å²) in [6.07, 6.45) is 3.81. The van der Waals surface area contributed by atoms with Crippen molar-refractivity contribution in [2.45, 2.75) is 116 Å². The van der Waals surface area contributed by atoms with Crippen LogP contribution in [0, 0.1) is 23.2 Å². The Kier molecular flexibility index (Phi) is 12.7. The number of rotatable bonds is 15. The molecule has 3 saturated carbocycles. The first-order valence-corrected chi connectivity index (χ1v) is 20.2. The molecule has 3 aliphatic carbocycles. The van der Waals surface area contributed by atoms with Crippen LogP contribution >= 0.6 is 11.6 Å². The van der Waals surface area contributed by atoms with E-state index in [4.69, 9.17) is 45.0 Å². The zero-order chi connectivity index (χ0) is 41.4. The van der Waals surface area contributed by atoms with Gasteiger partial charge in [0, 0.05) is 32.1 Å². The average molecular weight is 813 g/mol. The maximum atomic E-state index is 14.7. The van der Waals surface area contributed by atoms with Gasteiger partial charge in [-0.3, -0.25) is 9.59 Å². The van der Waals surface area contributed by atoms with Crippen LogP contribution < -0.4 is 20.1 Å². The minimum absolute atomic E-state index is 0.0147. The van der Waals surface area contributed by atoms with E-state index in [2.05, 4.69) is 10.6 Å². The van der Waals surface area contributed by atoms with E-state index in [0.29, 0.717) is 52.8 Å². The van der Waals surface area contributed by atoms with E-state index in [1.807, 2.05) is 47.6 Å². The number of carbonyl (C=O) groups is 4. The number of esters is 1. The van der Waals surface area contributed by atoms with Gasteiger partial charge in [0.05, 0.1) is 24.9 Å². The molecule has 1 aromatic heterocycles. The normalized spacial score (nSPS) is 26.7. The number of amides is 3. The minimum Gasteiger partial charge on any atom is -0.488 e. The molecule has 2 aromatic rings. The first kappa shape index (κ1) is 42.5. The molecule has 2 heterocycles. The molecule has 57 heavy (non-hydrogen) atoms. The molecule has 1 saturated heterocycles. The number of likely N-dealkylation sites (tertiary alicyclic amines) is 1. The second-order valence-corrected chi connectivity index (χ2v) is 17.6. The number of nitrogens with one attached hydrogen (secondary N) is 2. The molecule has 4 fully saturated rings. The molecule has 312 valence electrons. The van der Waals surface area contributed by atoms with E-state index in [1.54, 1.807) is 18.2 Å². The Hall–Kier alpha value is -4.14. The standard InChI is InChI=1S/C42H57ClN4O10/c1-10-25-19-42(25,39(50)54-9)46-37(48)30-18-28(20-47(30)38(49)36(41(4,5)6)45-40(51)57-27-15-23-14-24(23)16-27)56-32-17-26(13-22(2)3)44-35-29(32)11-12-31(34(35)43)55-21-33(52-7)53-8/h11-13,17,23-25,27-28,30,33,36H,10,14-16,18-21H2,1-9H3,(H,45,51)(H,46,48)/t23-,24+,25-,27?,28-,30+,36-,42-/m1/s1. The highest BCUT2D eigenvalue weighted by Crippen LogP contribution is 2.52. The maximum Gasteiger partial charge on any atom is 0.408 e. The summed E-state index contributed by atoms with van der Waals surface area (Å²) in [4.78, 5) is 61.6. The van der Waals surface area contributed by atoms with Crippen LogP contribution in [0.5, 0.6) is 11.5 Å². The van der Waals surface area contributed by atoms with Gasteiger partial charge in [0.15, 0.2) is 6.29 Å². The third-order valence-electron chi connectivity index (χ3n) is 11.7. The van der Waals surface area contributed by atoms with E-state index < -0.39 is 59.3 Å². The molecule has 8 atom stereocenters. The number of aromatic nitrogens is 1. The lowest BCUT2D eigenvalue weighted by molar-refractivity contribution is -0.148. The van der Waals surface area contributed by atoms with Gasteiger partial charge in [0.2, 0.25) is 11.8 Å². The van der Waals surface area contributed by atoms with Crippen LogP contribution in [0.25, 0.3) is 17.0 Å². The summed E-state index contributed by atoms with van der Waals surface area (Å²) in [6.45, 7) is 11.5. The summed E-state index contributed by atoms with van der Waals surface area (Å²) in [5, 5.41) is 6.67. The zero-order valence-electron chi connectivity index (χ0n) is 34.4. The summed E-state index contributed by atoms with van der Waals surface area (Å²) in [7, 11) is 4.32. The quantitative estimate of drug-likeness (QED) is 0.159. The number of alkyl carbamates (subject to hydrolysis) is 1. The number of ether oxygens (including phenoxy) is 6. The fourth-order valence-electron chi connectivity index (χ4n) is 8.39. The number of allylic oxidation sites excluding steroid dienone is 1. The number of carbonyl (C=O) groups excluding carboxylic acids is 4. The summed E-state index contributed by atoms with van der Waals surface area (Å²) >= 11 is 6.91. The molecule has 14 nitrogen and oxygen atoms in total. The van der Waals surface area contributed by atoms with E-state index in [1.165, 1.54) is 32.7 Å². The van der Waals surface area contributed by atoms with Crippen LogP contribution in [0.1, 0.15) is 85.8 Å². The number of nitrogens with zero attached hydrogens (tertiary/aromatic N) is 2. The van der Waals surface area contributed by atoms with Crippen LogP contribution in [-0.4, -0.2) is 104 Å². The summed E-state index contributed by atoms with van der Waals surface area (Å²) in [5.41, 5.74) is 0.0700. The Morgan fingerprint density at radius 2 is 1.72 bits per heavy atom. The highest BCUT2D eigenvalue weighted by atomic mass is 35.5. The summed E-state index contributed by atoms with van der Waals surface area (Å²) in [5.74, 6) is 0.449. The van der Waals surface area contributed by atoms with Crippen molar-refractivity contribution >= 4 is 52.5 Å². The van der Waals surface area contributed by atoms with Gasteiger partial charge in [-0.1, -0.05) is 51.3 Å². The predicted octanol–water partition coefficient (Wildman–Crippen LogP) is 6.05. The van der Waals surface area contributed by atoms with Crippen molar-refractivity contribution in [2.24, 2.45) is 23.2 Å². The van der Waals surface area contributed by atoms with Crippen molar-refractivity contribution in [3.63, 3.8) is 0 Å². The third-order valence-corrected chi connectivity index (χ3v) is 12.1. The fourth-order valence-corrected chi connectivity index (χ4v) is 8.65. The second kappa shape index (κ2) is 17.0. The molecule has 1 aromatic carbocycles. The molecule has 6 rings (SSSR count). The molecule has 1 aliphatic heterocycles. The van der Waals surface area contributed by atoms with E-state index in [-0.39, 0.29) is 36.6 Å². The van der Waals surface area contributed by atoms with Crippen molar-refractivity contribution in [2.75, 3.05) is 34.5 Å². The molecule has 4 aliphatic rings. The lowest BCUT2D eigenvalue weighted by Gasteiger charge is -2.35. The van der Waals surface area contributed by atoms with Gasteiger partial charge in [-0.05, 0) is 80.9 Å². The topological polar surface area (TPSA) is 164 Å². The summed E-state index contributed by atoms with van der Waals surface area (Å²) in [6, 6.07) is 3.23. The smallest absolute Gasteiger partial charge is 0.408 e. The Morgan fingerprint density at radius 1 is 1.02 bits per heavy atom. The van der Waals surface area contributed by atoms with Crippen LogP contribution in [-0.2, 0) is 33.3 Å². The Morgan fingerprint density at radius 3 is 2.32 bits per heavy atom. The molecule has 15 heteroatoms. The van der Waals surface area contributed by atoms with E-state index >= 15 is 0 Å². The Labute approximate surface area is 339 Å². The first-order chi connectivity index (χ1) is 27.0. The van der Waals surface area contributed by atoms with Crippen molar-refractivity contribution < 1.29 is 47.6 Å². The average Bonchev–Trinajstić information content (AvgIpc) is 3.97. The summed E-state index contributed by atoms with van der Waals surface area (Å²) < 4.78 is 34.1. The molecule has 3 amide bonds. The highest BCUT2D eigenvalue weighted by molar-refractivity contribution is 6.36. The SMILES string of the molecule is CC[C@@H]1C[C@]1(NC(=O)[C@@H]1C[C@@H](Oc2cc(C=C(C)C)nc3c(Cl)c(OCC(OC)OC)ccc23)CN1C(=O)[C@@H](NC(=O)OC1C[C@@H]2C[C@@H]2C1)C(C)(C)C)C(=O)OC. The predicted molar refractivity (Wildman–Crippen MR) is 213 cm³/mol. The van der Waals surface area contributed by atoms with Crippen LogP contribution in [0.15, 0.2) is 23.8 Å². The van der Waals surface area contributed by atoms with E-state index in [9.17, 15) is 19.2 Å². The Bertz CT molecular complexity index is 1880. The van der Waals surface area contributed by atoms with Gasteiger partial charge in [0.1, 0.15) is 53.0 Å². The number of hydrogen-bond donors (Lipinski definition) is 2. The minimum atomic E-state index is -1.18. The second-order valence-electron chi connectivity index (χ2n) is 17.2. The number of halogens is 1. The van der Waals surface area contributed by atoms with Crippen molar-refractivity contribution in [3.05, 3.63) is 34.5 Å². The van der Waals surface area contributed by atoms with Crippen LogP contribution in [0.3, 0.4) is 0 Å². The number of methoxy groups -OCH3 is 3. The van der Waals surface area contributed by atoms with Crippen molar-refractivity contribution in [1.29, 1.82) is 0 Å². The lowest BCUT2D eigenvalue weighted by Crippen LogP contribution is -2.59. The fraction of sp³-hybridized carbons (Fsp3) is 0.643. The lowest BCUT2D eigenvalue weighted by atomic mass is 9.85.